The average Bonchev–Trinajstić information content (AvgIpc) is 2.23. The molecule has 1 aromatic carbocycles. The van der Waals surface area contributed by atoms with E-state index in [1.54, 1.807) is 12.1 Å². The Morgan fingerprint density at radius 2 is 2.12 bits per heavy atom. The molecular formula is C11H13Cl2O3P. The van der Waals surface area contributed by atoms with E-state index in [4.69, 9.17) is 32.2 Å². The zero-order chi connectivity index (χ0) is 12.6. The summed E-state index contributed by atoms with van der Waals surface area (Å²) in [6.45, 7) is 4.44. The topological polar surface area (TPSA) is 38.7 Å². The summed E-state index contributed by atoms with van der Waals surface area (Å²) in [5.74, 6) is 0. The molecule has 1 saturated heterocycles. The molecule has 2 unspecified atom stereocenters. The second-order valence-corrected chi connectivity index (χ2v) is 6.44. The van der Waals surface area contributed by atoms with Crippen molar-refractivity contribution in [1.82, 2.24) is 0 Å². The van der Waals surface area contributed by atoms with Crippen molar-refractivity contribution in [2.75, 3.05) is 6.61 Å². The second-order valence-electron chi connectivity index (χ2n) is 4.65. The molecule has 0 saturated carbocycles. The van der Waals surface area contributed by atoms with Gasteiger partial charge in [-0.3, -0.25) is 0 Å². The summed E-state index contributed by atoms with van der Waals surface area (Å²) >= 11 is 12.0. The minimum Gasteiger partial charge on any atom is -0.328 e. The Balaban J connectivity index is 2.36. The summed E-state index contributed by atoms with van der Waals surface area (Å²) in [4.78, 5) is 9.47. The lowest BCUT2D eigenvalue weighted by Gasteiger charge is -2.39. The zero-order valence-electron chi connectivity index (χ0n) is 9.48. The fraction of sp³-hybridized carbons (Fsp3) is 0.455. The number of rotatable bonds is 1. The van der Waals surface area contributed by atoms with Crippen molar-refractivity contribution >= 4 is 31.8 Å². The van der Waals surface area contributed by atoms with E-state index >= 15 is 0 Å². The van der Waals surface area contributed by atoms with Crippen LogP contribution >= 0.6 is 31.8 Å². The van der Waals surface area contributed by atoms with Crippen LogP contribution in [0.3, 0.4) is 0 Å². The quantitative estimate of drug-likeness (QED) is 0.784. The van der Waals surface area contributed by atoms with Crippen molar-refractivity contribution < 1.29 is 13.9 Å². The van der Waals surface area contributed by atoms with Crippen LogP contribution in [-0.2, 0) is 9.05 Å². The van der Waals surface area contributed by atoms with Gasteiger partial charge in [-0.15, -0.1) is 0 Å². The largest absolute Gasteiger partial charge is 0.330 e. The van der Waals surface area contributed by atoms with E-state index in [2.05, 4.69) is 0 Å². The molecule has 1 aliphatic heterocycles. The zero-order valence-corrected chi connectivity index (χ0v) is 11.9. The highest BCUT2D eigenvalue weighted by molar-refractivity contribution is 7.40. The van der Waals surface area contributed by atoms with E-state index in [1.807, 2.05) is 19.9 Å². The van der Waals surface area contributed by atoms with Crippen LogP contribution in [0.2, 0.25) is 10.0 Å². The highest BCUT2D eigenvalue weighted by atomic mass is 35.5. The van der Waals surface area contributed by atoms with Crippen molar-refractivity contribution in [3.8, 4) is 0 Å². The van der Waals surface area contributed by atoms with E-state index in [-0.39, 0.29) is 11.5 Å². The summed E-state index contributed by atoms with van der Waals surface area (Å²) in [7, 11) is -1.82. The van der Waals surface area contributed by atoms with Gasteiger partial charge in [-0.05, 0) is 12.1 Å². The first kappa shape index (κ1) is 13.5. The maximum atomic E-state index is 9.47. The molecule has 0 amide bonds. The standard InChI is InChI=1S/C11H13Cl2O3P/c1-11(2)6-15-17(14)16-10(11)8-4-3-7(12)5-9(8)13/h3-5,10,14H,6H2,1-2H3. The Kier molecular flexibility index (Phi) is 3.99. The number of benzene rings is 1. The molecule has 0 radical (unpaired) electrons. The predicted octanol–water partition coefficient (Wildman–Crippen LogP) is 4.33. The molecule has 1 N–H and O–H groups in total. The lowest BCUT2D eigenvalue weighted by atomic mass is 9.83. The molecule has 1 fully saturated rings. The summed E-state index contributed by atoms with van der Waals surface area (Å²) in [6, 6.07) is 5.26. The molecule has 0 bridgehead atoms. The highest BCUT2D eigenvalue weighted by Crippen LogP contribution is 2.54. The Hall–Kier alpha value is 0.110. The lowest BCUT2D eigenvalue weighted by Crippen LogP contribution is -2.32. The molecular weight excluding hydrogens is 282 g/mol. The monoisotopic (exact) mass is 294 g/mol. The first-order valence-electron chi connectivity index (χ1n) is 5.14. The van der Waals surface area contributed by atoms with E-state index < -0.39 is 8.60 Å². The molecule has 1 aliphatic rings. The third-order valence-electron chi connectivity index (χ3n) is 2.70. The third kappa shape index (κ3) is 2.93. The van der Waals surface area contributed by atoms with Crippen LogP contribution in [0, 0.1) is 5.41 Å². The summed E-state index contributed by atoms with van der Waals surface area (Å²) < 4.78 is 10.6. The molecule has 3 nitrogen and oxygen atoms in total. The van der Waals surface area contributed by atoms with Gasteiger partial charge in [0, 0.05) is 21.0 Å². The van der Waals surface area contributed by atoms with Crippen molar-refractivity contribution in [2.24, 2.45) is 5.41 Å². The smallest absolute Gasteiger partial charge is 0.328 e. The van der Waals surface area contributed by atoms with Crippen LogP contribution in [0.5, 0.6) is 0 Å². The fourth-order valence-electron chi connectivity index (χ4n) is 1.75. The molecule has 0 aliphatic carbocycles. The third-order valence-corrected chi connectivity index (χ3v) is 4.00. The van der Waals surface area contributed by atoms with Crippen molar-refractivity contribution in [3.05, 3.63) is 33.8 Å². The molecule has 94 valence electrons. The van der Waals surface area contributed by atoms with Gasteiger partial charge in [-0.1, -0.05) is 43.1 Å². The van der Waals surface area contributed by atoms with Crippen molar-refractivity contribution in [1.29, 1.82) is 0 Å². The predicted molar refractivity (Wildman–Crippen MR) is 69.2 cm³/mol. The molecule has 2 rings (SSSR count). The van der Waals surface area contributed by atoms with Crippen molar-refractivity contribution in [2.45, 2.75) is 20.0 Å². The molecule has 17 heavy (non-hydrogen) atoms. The van der Waals surface area contributed by atoms with E-state index in [9.17, 15) is 4.89 Å². The minimum absolute atomic E-state index is 0.251. The van der Waals surface area contributed by atoms with E-state index in [0.29, 0.717) is 16.7 Å². The maximum absolute atomic E-state index is 9.47. The number of hydrogen-bond acceptors (Lipinski definition) is 3. The lowest BCUT2D eigenvalue weighted by molar-refractivity contribution is -0.0276. The molecule has 0 aromatic heterocycles. The normalized spacial score (nSPS) is 28.1. The van der Waals surface area contributed by atoms with E-state index in [1.165, 1.54) is 0 Å². The average molecular weight is 295 g/mol. The van der Waals surface area contributed by atoms with Crippen LogP contribution < -0.4 is 0 Å². The van der Waals surface area contributed by atoms with Gasteiger partial charge in [0.25, 0.3) is 0 Å². The Labute approximate surface area is 112 Å². The van der Waals surface area contributed by atoms with Crippen LogP contribution in [-0.4, -0.2) is 11.5 Å². The van der Waals surface area contributed by atoms with Crippen LogP contribution in [0.25, 0.3) is 0 Å². The van der Waals surface area contributed by atoms with Gasteiger partial charge >= 0.3 is 8.60 Å². The van der Waals surface area contributed by atoms with Gasteiger partial charge in [-0.2, -0.15) is 0 Å². The molecule has 1 aromatic rings. The molecule has 2 atom stereocenters. The molecule has 6 heteroatoms. The highest BCUT2D eigenvalue weighted by Gasteiger charge is 2.40. The van der Waals surface area contributed by atoms with E-state index in [0.717, 1.165) is 5.56 Å². The first-order chi connectivity index (χ1) is 7.90. The van der Waals surface area contributed by atoms with Gasteiger partial charge in [0.2, 0.25) is 0 Å². The van der Waals surface area contributed by atoms with Crippen LogP contribution in [0.15, 0.2) is 18.2 Å². The Morgan fingerprint density at radius 1 is 1.41 bits per heavy atom. The van der Waals surface area contributed by atoms with Crippen molar-refractivity contribution in [3.63, 3.8) is 0 Å². The summed E-state index contributed by atoms with van der Waals surface area (Å²) in [5, 5.41) is 1.12. The van der Waals surface area contributed by atoms with Gasteiger partial charge in [0.1, 0.15) is 6.10 Å². The summed E-state index contributed by atoms with van der Waals surface area (Å²) in [5.41, 5.74) is 0.574. The SMILES string of the molecule is CC1(C)COP(O)OC1c1ccc(Cl)cc1Cl. The molecule has 0 spiro atoms. The number of halogens is 2. The minimum atomic E-state index is -1.82. The summed E-state index contributed by atoms with van der Waals surface area (Å²) in [6.07, 6.45) is -0.294. The fourth-order valence-corrected chi connectivity index (χ4v) is 3.34. The Bertz CT molecular complexity index is 425. The Morgan fingerprint density at radius 3 is 2.76 bits per heavy atom. The maximum Gasteiger partial charge on any atom is 0.330 e. The number of hydrogen-bond donors (Lipinski definition) is 1. The van der Waals surface area contributed by atoms with Crippen LogP contribution in [0.4, 0.5) is 0 Å². The van der Waals surface area contributed by atoms with Gasteiger partial charge in [-0.25, -0.2) is 0 Å². The second kappa shape index (κ2) is 5.00. The van der Waals surface area contributed by atoms with Gasteiger partial charge in [0.05, 0.1) is 6.61 Å². The molecule has 1 heterocycles. The van der Waals surface area contributed by atoms with Gasteiger partial charge in [0.15, 0.2) is 0 Å². The van der Waals surface area contributed by atoms with Crippen LogP contribution in [0.1, 0.15) is 25.5 Å². The first-order valence-corrected chi connectivity index (χ1v) is 7.02. The van der Waals surface area contributed by atoms with Gasteiger partial charge < -0.3 is 13.9 Å².